The fourth-order valence-electron chi connectivity index (χ4n) is 2.05. The van der Waals surface area contributed by atoms with Crippen molar-refractivity contribution in [3.05, 3.63) is 54.1 Å². The topological polar surface area (TPSA) is 51.2 Å². The molecule has 0 aliphatic rings. The zero-order chi connectivity index (χ0) is 15.5. The highest BCUT2D eigenvalue weighted by Crippen LogP contribution is 2.26. The van der Waals surface area contributed by atoms with Gasteiger partial charge in [-0.3, -0.25) is 10.1 Å². The number of benzene rings is 2. The minimum atomic E-state index is -0.587. The quantitative estimate of drug-likeness (QED) is 0.792. The largest absolute Gasteiger partial charge is 0.481 e. The highest BCUT2D eigenvalue weighted by atomic mass is 32.1. The first-order valence-corrected chi connectivity index (χ1v) is 7.83. The molecule has 1 heterocycles. The molecule has 0 saturated carbocycles. The van der Waals surface area contributed by atoms with Gasteiger partial charge in [0.15, 0.2) is 11.2 Å². The molecule has 1 aromatic heterocycles. The maximum absolute atomic E-state index is 12.2. The summed E-state index contributed by atoms with van der Waals surface area (Å²) < 4.78 is 6.67. The Hall–Kier alpha value is -2.40. The predicted octanol–water partition coefficient (Wildman–Crippen LogP) is 4.01. The van der Waals surface area contributed by atoms with Crippen LogP contribution in [0.1, 0.15) is 12.5 Å². The summed E-state index contributed by atoms with van der Waals surface area (Å²) in [6, 6.07) is 15.3. The number of hydrogen-bond donors (Lipinski definition) is 1. The minimum Gasteiger partial charge on any atom is -0.481 e. The summed E-state index contributed by atoms with van der Waals surface area (Å²) in [4.78, 5) is 16.6. The molecule has 1 atom stereocenters. The van der Waals surface area contributed by atoms with E-state index in [0.717, 1.165) is 10.2 Å². The molecule has 3 rings (SSSR count). The van der Waals surface area contributed by atoms with E-state index in [1.54, 1.807) is 6.92 Å². The van der Waals surface area contributed by atoms with Crippen molar-refractivity contribution in [2.45, 2.75) is 20.0 Å². The number of hydrogen-bond acceptors (Lipinski definition) is 4. The third kappa shape index (κ3) is 3.26. The number of amides is 1. The standard InChI is InChI=1S/C17H16N2O2S/c1-11-8-9-14-15(10-11)22-17(18-14)19-16(20)12(2)21-13-6-4-3-5-7-13/h3-10,12H,1-2H3,(H,18,19,20). The molecule has 22 heavy (non-hydrogen) atoms. The van der Waals surface area contributed by atoms with E-state index in [1.807, 2.05) is 49.4 Å². The zero-order valence-electron chi connectivity index (χ0n) is 12.4. The van der Waals surface area contributed by atoms with Crippen molar-refractivity contribution in [1.29, 1.82) is 0 Å². The summed E-state index contributed by atoms with van der Waals surface area (Å²) in [6.45, 7) is 3.76. The molecule has 0 bridgehead atoms. The number of ether oxygens (including phenoxy) is 1. The molecule has 0 aliphatic carbocycles. The van der Waals surface area contributed by atoms with Gasteiger partial charge in [0, 0.05) is 0 Å². The van der Waals surface area contributed by atoms with E-state index in [-0.39, 0.29) is 5.91 Å². The van der Waals surface area contributed by atoms with Crippen molar-refractivity contribution in [1.82, 2.24) is 4.98 Å². The van der Waals surface area contributed by atoms with Crippen molar-refractivity contribution in [3.63, 3.8) is 0 Å². The van der Waals surface area contributed by atoms with Crippen LogP contribution in [0.25, 0.3) is 10.2 Å². The SMILES string of the molecule is Cc1ccc2nc(NC(=O)C(C)Oc3ccccc3)sc2c1. The first-order chi connectivity index (χ1) is 10.6. The molecule has 0 aliphatic heterocycles. The predicted molar refractivity (Wildman–Crippen MR) is 89.5 cm³/mol. The molecular weight excluding hydrogens is 296 g/mol. The van der Waals surface area contributed by atoms with Gasteiger partial charge in [0.25, 0.3) is 5.91 Å². The Morgan fingerprint density at radius 3 is 2.77 bits per heavy atom. The summed E-state index contributed by atoms with van der Waals surface area (Å²) in [6.07, 6.45) is -0.587. The van der Waals surface area contributed by atoms with Crippen molar-refractivity contribution in [2.75, 3.05) is 5.32 Å². The third-order valence-electron chi connectivity index (χ3n) is 3.20. The van der Waals surface area contributed by atoms with Crippen LogP contribution in [0.4, 0.5) is 5.13 Å². The van der Waals surface area contributed by atoms with Crippen LogP contribution in [0.5, 0.6) is 5.75 Å². The van der Waals surface area contributed by atoms with Crippen LogP contribution < -0.4 is 10.1 Å². The van der Waals surface area contributed by atoms with Crippen LogP contribution >= 0.6 is 11.3 Å². The Bertz CT molecular complexity index is 799. The molecule has 0 saturated heterocycles. The maximum atomic E-state index is 12.2. The van der Waals surface area contributed by atoms with Gasteiger partial charge >= 0.3 is 0 Å². The summed E-state index contributed by atoms with van der Waals surface area (Å²) in [5.41, 5.74) is 2.07. The van der Waals surface area contributed by atoms with Crippen molar-refractivity contribution >= 4 is 32.6 Å². The van der Waals surface area contributed by atoms with Gasteiger partial charge in [0.05, 0.1) is 10.2 Å². The lowest BCUT2D eigenvalue weighted by atomic mass is 10.2. The van der Waals surface area contributed by atoms with E-state index < -0.39 is 6.10 Å². The molecule has 2 aromatic carbocycles. The number of aryl methyl sites for hydroxylation is 1. The first-order valence-electron chi connectivity index (χ1n) is 7.01. The average molecular weight is 312 g/mol. The molecular formula is C17H16N2O2S. The molecule has 1 unspecified atom stereocenters. The van der Waals surface area contributed by atoms with Crippen LogP contribution in [-0.4, -0.2) is 17.0 Å². The lowest BCUT2D eigenvalue weighted by molar-refractivity contribution is -0.122. The van der Waals surface area contributed by atoms with Crippen molar-refractivity contribution < 1.29 is 9.53 Å². The Morgan fingerprint density at radius 2 is 2.00 bits per heavy atom. The van der Waals surface area contributed by atoms with E-state index in [2.05, 4.69) is 16.4 Å². The minimum absolute atomic E-state index is 0.209. The number of aromatic nitrogens is 1. The first kappa shape index (κ1) is 14.5. The monoisotopic (exact) mass is 312 g/mol. The summed E-state index contributed by atoms with van der Waals surface area (Å²) in [7, 11) is 0. The van der Waals surface area contributed by atoms with E-state index in [1.165, 1.54) is 16.9 Å². The number of carbonyl (C=O) groups is 1. The number of nitrogens with zero attached hydrogens (tertiary/aromatic N) is 1. The number of rotatable bonds is 4. The van der Waals surface area contributed by atoms with Gasteiger partial charge in [0.2, 0.25) is 0 Å². The Kier molecular flexibility index (Phi) is 4.06. The molecule has 3 aromatic rings. The van der Waals surface area contributed by atoms with Crippen LogP contribution in [-0.2, 0) is 4.79 Å². The zero-order valence-corrected chi connectivity index (χ0v) is 13.2. The molecule has 0 fully saturated rings. The lowest BCUT2D eigenvalue weighted by Crippen LogP contribution is -2.30. The number of thiazole rings is 1. The van der Waals surface area contributed by atoms with Gasteiger partial charge in [-0.2, -0.15) is 0 Å². The normalized spacial score (nSPS) is 12.1. The molecule has 0 spiro atoms. The van der Waals surface area contributed by atoms with Gasteiger partial charge in [-0.15, -0.1) is 0 Å². The number of fused-ring (bicyclic) bond motifs is 1. The molecule has 5 heteroatoms. The highest BCUT2D eigenvalue weighted by Gasteiger charge is 2.16. The Labute approximate surface area is 132 Å². The van der Waals surface area contributed by atoms with Crippen molar-refractivity contribution in [2.24, 2.45) is 0 Å². The lowest BCUT2D eigenvalue weighted by Gasteiger charge is -2.13. The van der Waals surface area contributed by atoms with Gasteiger partial charge < -0.3 is 4.74 Å². The maximum Gasteiger partial charge on any atom is 0.266 e. The number of nitrogens with one attached hydrogen (secondary N) is 1. The molecule has 1 N–H and O–H groups in total. The van der Waals surface area contributed by atoms with Gasteiger partial charge in [-0.1, -0.05) is 35.6 Å². The van der Waals surface area contributed by atoms with Crippen LogP contribution in [0.2, 0.25) is 0 Å². The molecule has 112 valence electrons. The van der Waals surface area contributed by atoms with E-state index in [9.17, 15) is 4.79 Å². The van der Waals surface area contributed by atoms with Crippen molar-refractivity contribution in [3.8, 4) is 5.75 Å². The fraction of sp³-hybridized carbons (Fsp3) is 0.176. The van der Waals surface area contributed by atoms with E-state index in [0.29, 0.717) is 10.9 Å². The number of anilines is 1. The molecule has 4 nitrogen and oxygen atoms in total. The Balaban J connectivity index is 1.69. The van der Waals surface area contributed by atoms with Crippen LogP contribution in [0, 0.1) is 6.92 Å². The fourth-order valence-corrected chi connectivity index (χ4v) is 3.02. The second-order valence-electron chi connectivity index (χ2n) is 5.05. The number of para-hydroxylation sites is 1. The van der Waals surface area contributed by atoms with Crippen LogP contribution in [0.15, 0.2) is 48.5 Å². The van der Waals surface area contributed by atoms with Gasteiger partial charge in [-0.25, -0.2) is 4.98 Å². The molecule has 0 radical (unpaired) electrons. The second kappa shape index (κ2) is 6.15. The van der Waals surface area contributed by atoms with Gasteiger partial charge in [0.1, 0.15) is 5.75 Å². The van der Waals surface area contributed by atoms with Crippen LogP contribution in [0.3, 0.4) is 0 Å². The van der Waals surface area contributed by atoms with E-state index >= 15 is 0 Å². The third-order valence-corrected chi connectivity index (χ3v) is 4.13. The Morgan fingerprint density at radius 1 is 1.23 bits per heavy atom. The molecule has 1 amide bonds. The summed E-state index contributed by atoms with van der Waals surface area (Å²) in [5.74, 6) is 0.463. The summed E-state index contributed by atoms with van der Waals surface area (Å²) >= 11 is 1.46. The summed E-state index contributed by atoms with van der Waals surface area (Å²) in [5, 5.41) is 3.41. The number of carbonyl (C=O) groups excluding carboxylic acids is 1. The second-order valence-corrected chi connectivity index (χ2v) is 6.08. The average Bonchev–Trinajstić information content (AvgIpc) is 2.89. The van der Waals surface area contributed by atoms with E-state index in [4.69, 9.17) is 4.74 Å². The van der Waals surface area contributed by atoms with Gasteiger partial charge in [-0.05, 0) is 43.7 Å². The highest BCUT2D eigenvalue weighted by molar-refractivity contribution is 7.22. The smallest absolute Gasteiger partial charge is 0.266 e.